The van der Waals surface area contributed by atoms with Gasteiger partial charge in [-0.2, -0.15) is 0 Å². The standard InChI is InChI=1S/C17H30N2O3/c1-4-12-19(13-5-2,15-17(21)22-6-3)14-10-8-7-9-11-18-16-20/h4-5,16H,1-2,6-15H2,3H3/p+1. The molecule has 1 amide bonds. The maximum absolute atomic E-state index is 11.9. The Kier molecular flexibility index (Phi) is 12.1. The number of carbonyl (C=O) groups excluding carboxylic acids is 2. The summed E-state index contributed by atoms with van der Waals surface area (Å²) in [6.07, 6.45) is 8.62. The fourth-order valence-corrected chi connectivity index (χ4v) is 2.58. The lowest BCUT2D eigenvalue weighted by molar-refractivity contribution is -0.910. The van der Waals surface area contributed by atoms with Crippen LogP contribution in [-0.4, -0.2) is 56.2 Å². The predicted molar refractivity (Wildman–Crippen MR) is 89.3 cm³/mol. The van der Waals surface area contributed by atoms with Gasteiger partial charge in [-0.1, -0.05) is 19.6 Å². The summed E-state index contributed by atoms with van der Waals surface area (Å²) in [6, 6.07) is 0. The van der Waals surface area contributed by atoms with Gasteiger partial charge in [0.1, 0.15) is 0 Å². The zero-order valence-electron chi connectivity index (χ0n) is 13.9. The maximum atomic E-state index is 11.9. The van der Waals surface area contributed by atoms with Crippen molar-refractivity contribution in [3.8, 4) is 0 Å². The molecule has 0 atom stereocenters. The lowest BCUT2D eigenvalue weighted by atomic mass is 10.1. The number of carbonyl (C=O) groups is 2. The van der Waals surface area contributed by atoms with Crippen molar-refractivity contribution < 1.29 is 18.8 Å². The molecule has 5 heteroatoms. The molecular weight excluding hydrogens is 280 g/mol. The normalized spacial score (nSPS) is 10.8. The van der Waals surface area contributed by atoms with E-state index in [4.69, 9.17) is 4.74 Å². The number of amides is 1. The summed E-state index contributed by atoms with van der Waals surface area (Å²) in [5.74, 6) is -0.165. The fraction of sp³-hybridized carbons (Fsp3) is 0.647. The minimum absolute atomic E-state index is 0.165. The number of nitrogens with one attached hydrogen (secondary N) is 1. The van der Waals surface area contributed by atoms with Crippen molar-refractivity contribution in [2.24, 2.45) is 0 Å². The Hall–Kier alpha value is -1.62. The highest BCUT2D eigenvalue weighted by Crippen LogP contribution is 2.12. The minimum Gasteiger partial charge on any atom is -0.462 e. The fourth-order valence-electron chi connectivity index (χ4n) is 2.58. The van der Waals surface area contributed by atoms with Gasteiger partial charge in [0, 0.05) is 6.54 Å². The molecule has 1 N–H and O–H groups in total. The zero-order valence-corrected chi connectivity index (χ0v) is 13.9. The summed E-state index contributed by atoms with van der Waals surface area (Å²) in [5, 5.41) is 2.66. The number of ether oxygens (including phenoxy) is 1. The summed E-state index contributed by atoms with van der Waals surface area (Å²) in [4.78, 5) is 22.0. The van der Waals surface area contributed by atoms with Gasteiger partial charge in [-0.15, -0.1) is 0 Å². The first-order valence-electron chi connectivity index (χ1n) is 8.03. The van der Waals surface area contributed by atoms with Crippen LogP contribution in [0.3, 0.4) is 0 Å². The zero-order chi connectivity index (χ0) is 16.7. The van der Waals surface area contributed by atoms with Gasteiger partial charge >= 0.3 is 5.97 Å². The van der Waals surface area contributed by atoms with Crippen LogP contribution in [0, 0.1) is 0 Å². The van der Waals surface area contributed by atoms with E-state index < -0.39 is 0 Å². The maximum Gasteiger partial charge on any atom is 0.361 e. The second kappa shape index (κ2) is 13.1. The van der Waals surface area contributed by atoms with E-state index in [2.05, 4.69) is 18.5 Å². The van der Waals surface area contributed by atoms with Crippen LogP contribution >= 0.6 is 0 Å². The van der Waals surface area contributed by atoms with E-state index in [9.17, 15) is 9.59 Å². The highest BCUT2D eigenvalue weighted by Gasteiger charge is 2.28. The van der Waals surface area contributed by atoms with Crippen LogP contribution in [-0.2, 0) is 14.3 Å². The van der Waals surface area contributed by atoms with E-state index in [0.717, 1.165) is 58.3 Å². The van der Waals surface area contributed by atoms with Gasteiger partial charge < -0.3 is 14.5 Å². The third kappa shape index (κ3) is 9.34. The molecule has 0 fully saturated rings. The van der Waals surface area contributed by atoms with Crippen LogP contribution in [0.25, 0.3) is 0 Å². The topological polar surface area (TPSA) is 55.4 Å². The third-order valence-corrected chi connectivity index (χ3v) is 3.59. The summed E-state index contributed by atoms with van der Waals surface area (Å²) < 4.78 is 5.72. The molecule has 0 aromatic carbocycles. The van der Waals surface area contributed by atoms with Crippen LogP contribution < -0.4 is 5.32 Å². The van der Waals surface area contributed by atoms with E-state index in [0.29, 0.717) is 17.6 Å². The average molecular weight is 311 g/mol. The van der Waals surface area contributed by atoms with Gasteiger partial charge in [0.05, 0.1) is 26.2 Å². The molecule has 0 aromatic rings. The van der Waals surface area contributed by atoms with Gasteiger partial charge in [0.25, 0.3) is 0 Å². The number of esters is 1. The monoisotopic (exact) mass is 311 g/mol. The number of rotatable bonds is 15. The van der Waals surface area contributed by atoms with E-state index in [1.54, 1.807) is 0 Å². The molecule has 0 aliphatic rings. The van der Waals surface area contributed by atoms with Gasteiger partial charge in [-0.25, -0.2) is 4.79 Å². The second-order valence-corrected chi connectivity index (χ2v) is 5.46. The molecule has 0 aliphatic heterocycles. The SMILES string of the molecule is C=CC[N+](CC=C)(CCCCCCNC=O)CC(=O)OCC. The number of hydrogen-bond acceptors (Lipinski definition) is 3. The largest absolute Gasteiger partial charge is 0.462 e. The Morgan fingerprint density at radius 1 is 1.14 bits per heavy atom. The molecule has 0 radical (unpaired) electrons. The first-order valence-corrected chi connectivity index (χ1v) is 8.03. The predicted octanol–water partition coefficient (Wildman–Crippen LogP) is 2.04. The molecule has 22 heavy (non-hydrogen) atoms. The second-order valence-electron chi connectivity index (χ2n) is 5.46. The summed E-state index contributed by atoms with van der Waals surface area (Å²) >= 11 is 0. The van der Waals surface area contributed by atoms with Crippen LogP contribution in [0.2, 0.25) is 0 Å². The van der Waals surface area contributed by atoms with E-state index in [1.165, 1.54) is 0 Å². The molecule has 0 aromatic heterocycles. The molecular formula is C17H31N2O3+. The van der Waals surface area contributed by atoms with Crippen LogP contribution in [0.15, 0.2) is 25.3 Å². The highest BCUT2D eigenvalue weighted by atomic mass is 16.5. The summed E-state index contributed by atoms with van der Waals surface area (Å²) in [7, 11) is 0. The Bertz CT molecular complexity index is 333. The van der Waals surface area contributed by atoms with Crippen molar-refractivity contribution >= 4 is 12.4 Å². The lowest BCUT2D eigenvalue weighted by Crippen LogP contribution is -2.52. The van der Waals surface area contributed by atoms with Crippen molar-refractivity contribution in [1.82, 2.24) is 5.32 Å². The van der Waals surface area contributed by atoms with Crippen molar-refractivity contribution in [2.45, 2.75) is 32.6 Å². The lowest BCUT2D eigenvalue weighted by Gasteiger charge is -2.36. The number of nitrogens with zero attached hydrogens (tertiary/aromatic N) is 1. The molecule has 0 rings (SSSR count). The Balaban J connectivity index is 4.37. The van der Waals surface area contributed by atoms with Crippen molar-refractivity contribution in [3.05, 3.63) is 25.3 Å². The smallest absolute Gasteiger partial charge is 0.361 e. The molecule has 0 spiro atoms. The molecule has 0 unspecified atom stereocenters. The molecule has 5 nitrogen and oxygen atoms in total. The van der Waals surface area contributed by atoms with Gasteiger partial charge in [0.15, 0.2) is 6.54 Å². The Morgan fingerprint density at radius 3 is 2.32 bits per heavy atom. The highest BCUT2D eigenvalue weighted by molar-refractivity contribution is 5.70. The molecule has 0 heterocycles. The minimum atomic E-state index is -0.165. The van der Waals surface area contributed by atoms with Crippen molar-refractivity contribution in [1.29, 1.82) is 0 Å². The first kappa shape index (κ1) is 20.4. The number of unbranched alkanes of at least 4 members (excludes halogenated alkanes) is 3. The number of quaternary nitrogens is 1. The van der Waals surface area contributed by atoms with Crippen LogP contribution in [0.1, 0.15) is 32.6 Å². The first-order chi connectivity index (χ1) is 10.6. The molecule has 126 valence electrons. The quantitative estimate of drug-likeness (QED) is 0.166. The van der Waals surface area contributed by atoms with Crippen molar-refractivity contribution in [2.75, 3.05) is 39.3 Å². The van der Waals surface area contributed by atoms with Crippen LogP contribution in [0.4, 0.5) is 0 Å². The van der Waals surface area contributed by atoms with E-state index >= 15 is 0 Å². The molecule has 0 bridgehead atoms. The van der Waals surface area contributed by atoms with E-state index in [1.807, 2.05) is 19.1 Å². The average Bonchev–Trinajstić information content (AvgIpc) is 2.47. The van der Waals surface area contributed by atoms with Gasteiger partial charge in [0.2, 0.25) is 6.41 Å². The van der Waals surface area contributed by atoms with Gasteiger partial charge in [-0.3, -0.25) is 4.79 Å². The summed E-state index contributed by atoms with van der Waals surface area (Å²) in [5.41, 5.74) is 0. The molecule has 0 aliphatic carbocycles. The third-order valence-electron chi connectivity index (χ3n) is 3.59. The molecule has 0 saturated heterocycles. The number of hydrogen-bond donors (Lipinski definition) is 1. The Labute approximate surface area is 134 Å². The van der Waals surface area contributed by atoms with Gasteiger partial charge in [-0.05, 0) is 38.3 Å². The van der Waals surface area contributed by atoms with Crippen LogP contribution in [0.5, 0.6) is 0 Å². The Morgan fingerprint density at radius 2 is 1.77 bits per heavy atom. The summed E-state index contributed by atoms with van der Waals surface area (Å²) in [6.45, 7) is 13.3. The van der Waals surface area contributed by atoms with E-state index in [-0.39, 0.29) is 5.97 Å². The molecule has 0 saturated carbocycles. The van der Waals surface area contributed by atoms with Crippen molar-refractivity contribution in [3.63, 3.8) is 0 Å².